The molecule has 94 valence electrons. The molecule has 0 spiro atoms. The second-order valence-electron chi connectivity index (χ2n) is 4.70. The number of halogens is 1. The van der Waals surface area contributed by atoms with E-state index in [9.17, 15) is 4.39 Å². The van der Waals surface area contributed by atoms with Gasteiger partial charge in [0.05, 0.1) is 6.20 Å². The fourth-order valence-corrected chi connectivity index (χ4v) is 2.50. The van der Waals surface area contributed by atoms with Gasteiger partial charge in [-0.1, -0.05) is 13.3 Å². The van der Waals surface area contributed by atoms with Crippen molar-refractivity contribution in [1.29, 1.82) is 0 Å². The molecule has 0 aromatic carbocycles. The summed E-state index contributed by atoms with van der Waals surface area (Å²) >= 11 is 0. The van der Waals surface area contributed by atoms with E-state index >= 15 is 0 Å². The average Bonchev–Trinajstić information content (AvgIpc) is 2.38. The second kappa shape index (κ2) is 5.45. The van der Waals surface area contributed by atoms with E-state index < -0.39 is 0 Å². The van der Waals surface area contributed by atoms with Crippen molar-refractivity contribution in [1.82, 2.24) is 4.98 Å². The van der Waals surface area contributed by atoms with Crippen molar-refractivity contribution in [3.8, 4) is 0 Å². The molecule has 0 amide bonds. The molecule has 1 aromatic heterocycles. The highest BCUT2D eigenvalue weighted by molar-refractivity contribution is 5.47. The van der Waals surface area contributed by atoms with Crippen LogP contribution in [0.4, 0.5) is 10.2 Å². The number of rotatable bonds is 3. The summed E-state index contributed by atoms with van der Waals surface area (Å²) in [6, 6.07) is 1.50. The molecule has 2 N–H and O–H groups in total. The number of hydrogen-bond acceptors (Lipinski definition) is 3. The molecular weight excluding hydrogens is 217 g/mol. The first kappa shape index (κ1) is 12.3. The van der Waals surface area contributed by atoms with Gasteiger partial charge in [-0.15, -0.1) is 0 Å². The van der Waals surface area contributed by atoms with Gasteiger partial charge in [0.25, 0.3) is 0 Å². The number of pyridine rings is 1. The molecular formula is C13H20FN3. The van der Waals surface area contributed by atoms with Crippen molar-refractivity contribution >= 4 is 5.82 Å². The zero-order valence-electron chi connectivity index (χ0n) is 10.3. The summed E-state index contributed by atoms with van der Waals surface area (Å²) in [7, 11) is 0. The Bertz CT molecular complexity index is 381. The van der Waals surface area contributed by atoms with Crippen LogP contribution in [0.2, 0.25) is 0 Å². The molecule has 17 heavy (non-hydrogen) atoms. The molecule has 0 radical (unpaired) electrons. The number of anilines is 1. The third-order valence-corrected chi connectivity index (χ3v) is 3.53. The minimum absolute atomic E-state index is 0.307. The summed E-state index contributed by atoms with van der Waals surface area (Å²) in [4.78, 5) is 6.46. The first-order valence-electron chi connectivity index (χ1n) is 6.34. The lowest BCUT2D eigenvalue weighted by Crippen LogP contribution is -2.36. The fraction of sp³-hybridized carbons (Fsp3) is 0.615. The van der Waals surface area contributed by atoms with Crippen LogP contribution < -0.4 is 10.6 Å². The Morgan fingerprint density at radius 3 is 3.12 bits per heavy atom. The van der Waals surface area contributed by atoms with Gasteiger partial charge in [0.1, 0.15) is 11.6 Å². The van der Waals surface area contributed by atoms with Gasteiger partial charge in [-0.3, -0.25) is 0 Å². The molecule has 1 aromatic rings. The molecule has 1 aliphatic rings. The molecule has 0 aliphatic carbocycles. The average molecular weight is 237 g/mol. The molecule has 3 nitrogen and oxygen atoms in total. The van der Waals surface area contributed by atoms with Gasteiger partial charge in [0, 0.05) is 25.2 Å². The first-order valence-corrected chi connectivity index (χ1v) is 6.34. The maximum Gasteiger partial charge on any atom is 0.141 e. The van der Waals surface area contributed by atoms with Crippen LogP contribution in [0.15, 0.2) is 12.3 Å². The lowest BCUT2D eigenvalue weighted by Gasteiger charge is -2.34. The quantitative estimate of drug-likeness (QED) is 0.877. The first-order chi connectivity index (χ1) is 8.24. The van der Waals surface area contributed by atoms with E-state index in [1.165, 1.54) is 31.5 Å². The van der Waals surface area contributed by atoms with E-state index in [-0.39, 0.29) is 5.82 Å². The van der Waals surface area contributed by atoms with Crippen molar-refractivity contribution in [2.75, 3.05) is 18.0 Å². The van der Waals surface area contributed by atoms with Crippen LogP contribution in [0, 0.1) is 11.7 Å². The van der Waals surface area contributed by atoms with Gasteiger partial charge in [-0.2, -0.15) is 0 Å². The smallest absolute Gasteiger partial charge is 0.141 e. The number of aromatic nitrogens is 1. The summed E-state index contributed by atoms with van der Waals surface area (Å²) in [6.45, 7) is 4.58. The Labute approximate surface area is 102 Å². The topological polar surface area (TPSA) is 42.2 Å². The molecule has 0 saturated carbocycles. The zero-order valence-corrected chi connectivity index (χ0v) is 10.3. The largest absolute Gasteiger partial charge is 0.356 e. The zero-order chi connectivity index (χ0) is 12.3. The third kappa shape index (κ3) is 2.75. The molecule has 1 saturated heterocycles. The van der Waals surface area contributed by atoms with E-state index in [4.69, 9.17) is 5.73 Å². The Morgan fingerprint density at radius 2 is 2.41 bits per heavy atom. The highest BCUT2D eigenvalue weighted by Crippen LogP contribution is 2.26. The fourth-order valence-electron chi connectivity index (χ4n) is 2.50. The van der Waals surface area contributed by atoms with Gasteiger partial charge in [-0.05, 0) is 24.8 Å². The van der Waals surface area contributed by atoms with Crippen LogP contribution in [0.1, 0.15) is 31.7 Å². The van der Waals surface area contributed by atoms with Crippen molar-refractivity contribution in [2.24, 2.45) is 11.7 Å². The van der Waals surface area contributed by atoms with Crippen molar-refractivity contribution in [3.05, 3.63) is 23.6 Å². The lowest BCUT2D eigenvalue weighted by molar-refractivity contribution is 0.402. The van der Waals surface area contributed by atoms with E-state index in [2.05, 4.69) is 16.8 Å². The summed E-state index contributed by atoms with van der Waals surface area (Å²) in [6.07, 6.45) is 4.94. The maximum absolute atomic E-state index is 13.1. The molecule has 2 heterocycles. The maximum atomic E-state index is 13.1. The standard InChI is InChI=1S/C13H20FN3/c1-2-10-4-3-5-17(9-10)13-11(7-15)6-12(14)8-16-13/h6,8,10H,2-5,7,9,15H2,1H3. The van der Waals surface area contributed by atoms with Gasteiger partial charge in [-0.25, -0.2) is 9.37 Å². The van der Waals surface area contributed by atoms with E-state index in [1.54, 1.807) is 0 Å². The third-order valence-electron chi connectivity index (χ3n) is 3.53. The van der Waals surface area contributed by atoms with Crippen LogP contribution in [0.25, 0.3) is 0 Å². The molecule has 2 rings (SSSR count). The number of piperidine rings is 1. The monoisotopic (exact) mass is 237 g/mol. The van der Waals surface area contributed by atoms with E-state index in [1.807, 2.05) is 0 Å². The van der Waals surface area contributed by atoms with Crippen LogP contribution in [-0.2, 0) is 6.54 Å². The number of hydrogen-bond donors (Lipinski definition) is 1. The summed E-state index contributed by atoms with van der Waals surface area (Å²) in [5, 5.41) is 0. The van der Waals surface area contributed by atoms with Gasteiger partial charge in [0.2, 0.25) is 0 Å². The normalized spacial score (nSPS) is 20.6. The molecule has 0 bridgehead atoms. The predicted molar refractivity (Wildman–Crippen MR) is 67.3 cm³/mol. The number of nitrogens with zero attached hydrogens (tertiary/aromatic N) is 2. The molecule has 4 heteroatoms. The van der Waals surface area contributed by atoms with Crippen LogP contribution in [-0.4, -0.2) is 18.1 Å². The van der Waals surface area contributed by atoms with E-state index in [0.29, 0.717) is 6.54 Å². The minimum Gasteiger partial charge on any atom is -0.356 e. The molecule has 1 fully saturated rings. The Kier molecular flexibility index (Phi) is 3.94. The summed E-state index contributed by atoms with van der Waals surface area (Å²) < 4.78 is 13.1. The van der Waals surface area contributed by atoms with Crippen LogP contribution in [0.5, 0.6) is 0 Å². The van der Waals surface area contributed by atoms with Gasteiger partial charge in [0.15, 0.2) is 0 Å². The van der Waals surface area contributed by atoms with Crippen LogP contribution in [0.3, 0.4) is 0 Å². The van der Waals surface area contributed by atoms with E-state index in [0.717, 1.165) is 30.4 Å². The molecule has 1 unspecified atom stereocenters. The molecule has 1 aliphatic heterocycles. The second-order valence-corrected chi connectivity index (χ2v) is 4.70. The van der Waals surface area contributed by atoms with Gasteiger partial charge < -0.3 is 10.6 Å². The Morgan fingerprint density at radius 1 is 1.59 bits per heavy atom. The minimum atomic E-state index is -0.307. The highest BCUT2D eigenvalue weighted by Gasteiger charge is 2.21. The Balaban J connectivity index is 2.20. The summed E-state index contributed by atoms with van der Waals surface area (Å²) in [5.41, 5.74) is 6.47. The predicted octanol–water partition coefficient (Wildman–Crippen LogP) is 2.31. The number of nitrogens with two attached hydrogens (primary N) is 1. The van der Waals surface area contributed by atoms with Crippen molar-refractivity contribution in [2.45, 2.75) is 32.7 Å². The van der Waals surface area contributed by atoms with Crippen LogP contribution >= 0.6 is 0 Å². The SMILES string of the molecule is CCC1CCCN(c2ncc(F)cc2CN)C1. The Hall–Kier alpha value is -1.16. The summed E-state index contributed by atoms with van der Waals surface area (Å²) in [5.74, 6) is 1.28. The lowest BCUT2D eigenvalue weighted by atomic mass is 9.95. The highest BCUT2D eigenvalue weighted by atomic mass is 19.1. The van der Waals surface area contributed by atoms with Gasteiger partial charge >= 0.3 is 0 Å². The van der Waals surface area contributed by atoms with Crippen molar-refractivity contribution < 1.29 is 4.39 Å². The van der Waals surface area contributed by atoms with Crippen molar-refractivity contribution in [3.63, 3.8) is 0 Å². The molecule has 1 atom stereocenters.